The van der Waals surface area contributed by atoms with Crippen molar-refractivity contribution in [1.29, 1.82) is 0 Å². The van der Waals surface area contributed by atoms with Gasteiger partial charge in [0.05, 0.1) is 0 Å². The van der Waals surface area contributed by atoms with Crippen molar-refractivity contribution in [1.82, 2.24) is 4.90 Å². The van der Waals surface area contributed by atoms with Gasteiger partial charge in [-0.3, -0.25) is 9.59 Å². The van der Waals surface area contributed by atoms with Crippen molar-refractivity contribution in [2.45, 2.75) is 51.9 Å². The van der Waals surface area contributed by atoms with Crippen molar-refractivity contribution in [3.63, 3.8) is 0 Å². The summed E-state index contributed by atoms with van der Waals surface area (Å²) in [7, 11) is 0. The number of amides is 1. The van der Waals surface area contributed by atoms with Crippen molar-refractivity contribution in [3.8, 4) is 0 Å². The summed E-state index contributed by atoms with van der Waals surface area (Å²) in [5.74, 6) is 0.627. The Morgan fingerprint density at radius 1 is 1.04 bits per heavy atom. The highest BCUT2D eigenvalue weighted by Crippen LogP contribution is 2.27. The average molecular weight is 377 g/mol. The first-order valence-electron chi connectivity index (χ1n) is 9.86. The van der Waals surface area contributed by atoms with Crippen LogP contribution in [0.3, 0.4) is 0 Å². The monoisotopic (exact) mass is 376 g/mol. The number of Topliss-reactive ketones (excluding diaryl/α,β-unsaturated/α-hetero) is 1. The number of carbonyl (C=O) groups is 2. The number of carbonyl (C=O) groups excluding carboxylic acids is 2. The van der Waals surface area contributed by atoms with Crippen LogP contribution >= 0.6 is 11.6 Å². The largest absolute Gasteiger partial charge is 0.368 e. The van der Waals surface area contributed by atoms with Crippen LogP contribution in [0.25, 0.3) is 0 Å². The highest BCUT2D eigenvalue weighted by molar-refractivity contribution is 6.30. The average Bonchev–Trinajstić information content (AvgIpc) is 2.68. The molecule has 5 heteroatoms. The lowest BCUT2D eigenvalue weighted by atomic mass is 9.85. The minimum Gasteiger partial charge on any atom is -0.368 e. The number of piperazine rings is 1. The maximum absolute atomic E-state index is 12.5. The van der Waals surface area contributed by atoms with Gasteiger partial charge >= 0.3 is 0 Å². The highest BCUT2D eigenvalue weighted by Gasteiger charge is 2.25. The third kappa shape index (κ3) is 4.79. The first-order chi connectivity index (χ1) is 12.5. The number of hydrogen-bond acceptors (Lipinski definition) is 3. The summed E-state index contributed by atoms with van der Waals surface area (Å²) in [5, 5.41) is 0.741. The molecule has 2 aliphatic rings. The Bertz CT molecular complexity index is 647. The topological polar surface area (TPSA) is 40.6 Å². The van der Waals surface area contributed by atoms with E-state index < -0.39 is 0 Å². The fourth-order valence-electron chi connectivity index (χ4n) is 4.14. The van der Waals surface area contributed by atoms with Gasteiger partial charge < -0.3 is 9.80 Å². The molecule has 0 atom stereocenters. The molecule has 1 aromatic rings. The van der Waals surface area contributed by atoms with Crippen LogP contribution in [-0.4, -0.2) is 42.8 Å². The SMILES string of the molecule is Cc1ccc(Cl)cc1N1CCN(C(=O)CCC(=O)C2CCCCC2)CC1. The molecular formula is C21H29ClN2O2. The minimum atomic E-state index is 0.122. The highest BCUT2D eigenvalue weighted by atomic mass is 35.5. The molecule has 0 unspecified atom stereocenters. The molecule has 4 nitrogen and oxygen atoms in total. The number of nitrogens with zero attached hydrogens (tertiary/aromatic N) is 2. The number of rotatable bonds is 5. The number of ketones is 1. The summed E-state index contributed by atoms with van der Waals surface area (Å²) in [6.07, 6.45) is 6.39. The van der Waals surface area contributed by atoms with Gasteiger partial charge in [0.15, 0.2) is 0 Å². The van der Waals surface area contributed by atoms with Crippen molar-refractivity contribution >= 4 is 29.0 Å². The Hall–Kier alpha value is -1.55. The van der Waals surface area contributed by atoms with E-state index in [0.717, 1.165) is 49.5 Å². The zero-order valence-corrected chi connectivity index (χ0v) is 16.4. The lowest BCUT2D eigenvalue weighted by molar-refractivity contribution is -0.134. The van der Waals surface area contributed by atoms with Crippen LogP contribution < -0.4 is 4.90 Å². The molecular weight excluding hydrogens is 348 g/mol. The summed E-state index contributed by atoms with van der Waals surface area (Å²) in [6, 6.07) is 5.94. The van der Waals surface area contributed by atoms with Gasteiger partial charge in [-0.25, -0.2) is 0 Å². The molecule has 1 aromatic carbocycles. The van der Waals surface area contributed by atoms with E-state index in [1.54, 1.807) is 0 Å². The quantitative estimate of drug-likeness (QED) is 0.772. The Morgan fingerprint density at radius 3 is 2.42 bits per heavy atom. The maximum atomic E-state index is 12.5. The van der Waals surface area contributed by atoms with Gasteiger partial charge in [-0.15, -0.1) is 0 Å². The summed E-state index contributed by atoms with van der Waals surface area (Å²) < 4.78 is 0. The smallest absolute Gasteiger partial charge is 0.223 e. The zero-order valence-electron chi connectivity index (χ0n) is 15.7. The second-order valence-corrected chi connectivity index (χ2v) is 8.04. The molecule has 0 aromatic heterocycles. The molecule has 1 saturated heterocycles. The van der Waals surface area contributed by atoms with Gasteiger partial charge in [0, 0.05) is 55.6 Å². The Labute approximate surface area is 161 Å². The fraction of sp³-hybridized carbons (Fsp3) is 0.619. The third-order valence-corrected chi connectivity index (χ3v) is 6.03. The molecule has 3 rings (SSSR count). The van der Waals surface area contributed by atoms with E-state index in [9.17, 15) is 9.59 Å². The van der Waals surface area contributed by atoms with Gasteiger partial charge in [0.25, 0.3) is 0 Å². The van der Waals surface area contributed by atoms with Crippen LogP contribution in [0.4, 0.5) is 5.69 Å². The Kier molecular flexibility index (Phi) is 6.58. The van der Waals surface area contributed by atoms with Crippen LogP contribution in [-0.2, 0) is 9.59 Å². The van der Waals surface area contributed by atoms with Crippen molar-refractivity contribution < 1.29 is 9.59 Å². The molecule has 26 heavy (non-hydrogen) atoms. The predicted molar refractivity (Wildman–Crippen MR) is 106 cm³/mol. The molecule has 1 amide bonds. The molecule has 2 fully saturated rings. The lowest BCUT2D eigenvalue weighted by Gasteiger charge is -2.37. The van der Waals surface area contributed by atoms with Crippen molar-refractivity contribution in [2.24, 2.45) is 5.92 Å². The predicted octanol–water partition coefficient (Wildman–Crippen LogP) is 4.23. The molecule has 1 heterocycles. The van der Waals surface area contributed by atoms with Gasteiger partial charge in [-0.05, 0) is 37.5 Å². The summed E-state index contributed by atoms with van der Waals surface area (Å²) in [5.41, 5.74) is 2.35. The summed E-state index contributed by atoms with van der Waals surface area (Å²) in [6.45, 7) is 5.12. The normalized spacial score (nSPS) is 18.8. The molecule has 142 valence electrons. The standard InChI is InChI=1S/C21H29ClN2O2/c1-16-7-8-18(22)15-19(16)23-11-13-24(14-12-23)21(26)10-9-20(25)17-5-3-2-4-6-17/h7-8,15,17H,2-6,9-14H2,1H3. The number of benzene rings is 1. The van der Waals surface area contributed by atoms with Crippen LogP contribution in [0.1, 0.15) is 50.5 Å². The zero-order chi connectivity index (χ0) is 18.5. The number of hydrogen-bond donors (Lipinski definition) is 0. The van der Waals surface area contributed by atoms with E-state index in [1.165, 1.54) is 12.0 Å². The van der Waals surface area contributed by atoms with Crippen LogP contribution in [0, 0.1) is 12.8 Å². The van der Waals surface area contributed by atoms with Crippen molar-refractivity contribution in [3.05, 3.63) is 28.8 Å². The molecule has 1 saturated carbocycles. The van der Waals surface area contributed by atoms with E-state index >= 15 is 0 Å². The van der Waals surface area contributed by atoms with Crippen LogP contribution in [0.5, 0.6) is 0 Å². The molecule has 1 aliphatic heterocycles. The van der Waals surface area contributed by atoms with E-state index in [4.69, 9.17) is 11.6 Å². The molecule has 1 aliphatic carbocycles. The van der Waals surface area contributed by atoms with Gasteiger partial charge in [-0.1, -0.05) is 36.9 Å². The first kappa shape index (κ1) is 19.2. The second kappa shape index (κ2) is 8.90. The molecule has 0 spiro atoms. The van der Waals surface area contributed by atoms with Crippen LogP contribution in [0.15, 0.2) is 18.2 Å². The molecule has 0 N–H and O–H groups in total. The van der Waals surface area contributed by atoms with E-state index in [0.29, 0.717) is 31.7 Å². The maximum Gasteiger partial charge on any atom is 0.223 e. The fourth-order valence-corrected chi connectivity index (χ4v) is 4.30. The first-order valence-corrected chi connectivity index (χ1v) is 10.2. The van der Waals surface area contributed by atoms with Crippen molar-refractivity contribution in [2.75, 3.05) is 31.1 Å². The van der Waals surface area contributed by atoms with E-state index in [1.807, 2.05) is 23.1 Å². The van der Waals surface area contributed by atoms with Crippen LogP contribution in [0.2, 0.25) is 5.02 Å². The number of aryl methyl sites for hydroxylation is 1. The number of halogens is 1. The lowest BCUT2D eigenvalue weighted by Crippen LogP contribution is -2.49. The summed E-state index contributed by atoms with van der Waals surface area (Å²) in [4.78, 5) is 29.0. The minimum absolute atomic E-state index is 0.122. The van der Waals surface area contributed by atoms with E-state index in [-0.39, 0.29) is 11.8 Å². The molecule has 0 bridgehead atoms. The molecule has 0 radical (unpaired) electrons. The number of anilines is 1. The third-order valence-electron chi connectivity index (χ3n) is 5.79. The van der Waals surface area contributed by atoms with Gasteiger partial charge in [-0.2, -0.15) is 0 Å². The Balaban J connectivity index is 1.46. The second-order valence-electron chi connectivity index (χ2n) is 7.60. The van der Waals surface area contributed by atoms with Gasteiger partial charge in [0.1, 0.15) is 5.78 Å². The van der Waals surface area contributed by atoms with E-state index in [2.05, 4.69) is 11.8 Å². The van der Waals surface area contributed by atoms with Gasteiger partial charge in [0.2, 0.25) is 5.91 Å². The Morgan fingerprint density at radius 2 is 1.73 bits per heavy atom. The summed E-state index contributed by atoms with van der Waals surface area (Å²) >= 11 is 6.13.